The molecule has 2 rings (SSSR count). The molecule has 0 N–H and O–H groups in total. The van der Waals surface area contributed by atoms with Crippen molar-refractivity contribution in [3.05, 3.63) is 41.9 Å². The maximum Gasteiger partial charge on any atom is 0.206 e. The molecule has 0 aromatic carbocycles. The van der Waals surface area contributed by atoms with Crippen LogP contribution in [0.1, 0.15) is 33.4 Å². The number of hydrogen-bond acceptors (Lipinski definition) is 4. The number of rotatable bonds is 4. The van der Waals surface area contributed by atoms with Crippen molar-refractivity contribution >= 4 is 11.6 Å². The minimum Gasteiger partial charge on any atom is -0.458 e. The second kappa shape index (κ2) is 4.37. The average molecular weight is 232 g/mol. The van der Waals surface area contributed by atoms with Gasteiger partial charge in [-0.25, -0.2) is 4.98 Å². The molecule has 2 aromatic rings. The molecule has 17 heavy (non-hydrogen) atoms. The summed E-state index contributed by atoms with van der Waals surface area (Å²) in [4.78, 5) is 27.4. The highest BCUT2D eigenvalue weighted by Gasteiger charge is 2.18. The minimum absolute atomic E-state index is 0.213. The molecular formula is C12H12N2O3. The SMILES string of the molecule is Cc1ccc(C(=O)CC(=O)c2nccn2C)o1. The van der Waals surface area contributed by atoms with Gasteiger partial charge >= 0.3 is 0 Å². The van der Waals surface area contributed by atoms with Gasteiger partial charge < -0.3 is 8.98 Å². The quantitative estimate of drug-likeness (QED) is 0.595. The standard InChI is InChI=1S/C12H12N2O3/c1-8-3-4-11(17-8)9(15)7-10(16)12-13-5-6-14(12)2/h3-6H,7H2,1-2H3. The number of aromatic nitrogens is 2. The molecule has 0 fully saturated rings. The predicted molar refractivity (Wildman–Crippen MR) is 59.9 cm³/mol. The lowest BCUT2D eigenvalue weighted by Crippen LogP contribution is -2.12. The monoisotopic (exact) mass is 232 g/mol. The highest BCUT2D eigenvalue weighted by atomic mass is 16.3. The van der Waals surface area contributed by atoms with Crippen molar-refractivity contribution in [3.8, 4) is 0 Å². The third-order valence-electron chi connectivity index (χ3n) is 2.41. The van der Waals surface area contributed by atoms with E-state index in [4.69, 9.17) is 4.42 Å². The van der Waals surface area contributed by atoms with E-state index in [2.05, 4.69) is 4.98 Å². The van der Waals surface area contributed by atoms with E-state index in [0.717, 1.165) is 0 Å². The van der Waals surface area contributed by atoms with Gasteiger partial charge in [0.15, 0.2) is 11.6 Å². The number of nitrogens with zero attached hydrogens (tertiary/aromatic N) is 2. The van der Waals surface area contributed by atoms with Crippen LogP contribution in [-0.4, -0.2) is 21.1 Å². The molecule has 2 heterocycles. The average Bonchev–Trinajstić information content (AvgIpc) is 2.86. The van der Waals surface area contributed by atoms with Gasteiger partial charge in [0.2, 0.25) is 11.6 Å². The molecule has 0 bridgehead atoms. The largest absolute Gasteiger partial charge is 0.458 e. The Bertz CT molecular complexity index is 566. The molecule has 0 spiro atoms. The summed E-state index contributed by atoms with van der Waals surface area (Å²) in [6, 6.07) is 3.27. The highest BCUT2D eigenvalue weighted by Crippen LogP contribution is 2.10. The van der Waals surface area contributed by atoms with Crippen molar-refractivity contribution in [1.29, 1.82) is 0 Å². The maximum atomic E-state index is 11.8. The van der Waals surface area contributed by atoms with E-state index in [-0.39, 0.29) is 29.6 Å². The van der Waals surface area contributed by atoms with Crippen LogP contribution in [0.25, 0.3) is 0 Å². The van der Waals surface area contributed by atoms with Crippen molar-refractivity contribution in [2.75, 3.05) is 0 Å². The molecule has 0 radical (unpaired) electrons. The first-order valence-corrected chi connectivity index (χ1v) is 5.18. The van der Waals surface area contributed by atoms with E-state index >= 15 is 0 Å². The number of hydrogen-bond donors (Lipinski definition) is 0. The minimum atomic E-state index is -0.328. The first kappa shape index (κ1) is 11.3. The van der Waals surface area contributed by atoms with E-state index in [1.807, 2.05) is 0 Å². The molecule has 0 unspecified atom stereocenters. The van der Waals surface area contributed by atoms with Crippen molar-refractivity contribution in [1.82, 2.24) is 9.55 Å². The molecule has 0 aliphatic carbocycles. The molecule has 2 aromatic heterocycles. The Labute approximate surface area is 98.1 Å². The van der Waals surface area contributed by atoms with Gasteiger partial charge in [0.05, 0.1) is 6.42 Å². The van der Waals surface area contributed by atoms with Crippen molar-refractivity contribution in [2.45, 2.75) is 13.3 Å². The molecule has 0 aliphatic heterocycles. The number of ketones is 2. The summed E-state index contributed by atoms with van der Waals surface area (Å²) < 4.78 is 6.75. The molecule has 0 amide bonds. The van der Waals surface area contributed by atoms with Crippen LogP contribution in [0.3, 0.4) is 0 Å². The topological polar surface area (TPSA) is 65.1 Å². The summed E-state index contributed by atoms with van der Waals surface area (Å²) in [5.74, 6) is 0.507. The van der Waals surface area contributed by atoms with Crippen molar-refractivity contribution in [3.63, 3.8) is 0 Å². The molecule has 0 saturated carbocycles. The summed E-state index contributed by atoms with van der Waals surface area (Å²) >= 11 is 0. The summed E-state index contributed by atoms with van der Waals surface area (Å²) in [5.41, 5.74) is 0. The van der Waals surface area contributed by atoms with Gasteiger partial charge in [-0.05, 0) is 19.1 Å². The van der Waals surface area contributed by atoms with Gasteiger partial charge in [-0.15, -0.1) is 0 Å². The van der Waals surface area contributed by atoms with Crippen LogP contribution in [0, 0.1) is 6.92 Å². The van der Waals surface area contributed by atoms with Crippen molar-refractivity contribution < 1.29 is 14.0 Å². The highest BCUT2D eigenvalue weighted by molar-refractivity contribution is 6.11. The Morgan fingerprint density at radius 3 is 2.65 bits per heavy atom. The van der Waals surface area contributed by atoms with Crippen molar-refractivity contribution in [2.24, 2.45) is 7.05 Å². The third-order valence-corrected chi connectivity index (χ3v) is 2.41. The number of furan rings is 1. The fourth-order valence-electron chi connectivity index (χ4n) is 1.53. The predicted octanol–water partition coefficient (Wildman–Crippen LogP) is 1.78. The van der Waals surface area contributed by atoms with Gasteiger partial charge in [0, 0.05) is 19.4 Å². The van der Waals surface area contributed by atoms with Crippen LogP contribution in [0.4, 0.5) is 0 Å². The van der Waals surface area contributed by atoms with E-state index in [1.165, 1.54) is 6.20 Å². The van der Waals surface area contributed by atoms with Crippen LogP contribution in [-0.2, 0) is 7.05 Å². The number of aryl methyl sites for hydroxylation is 2. The number of carbonyl (C=O) groups is 2. The van der Waals surface area contributed by atoms with E-state index in [1.54, 1.807) is 36.9 Å². The zero-order valence-electron chi connectivity index (χ0n) is 9.64. The Balaban J connectivity index is 2.10. The first-order valence-electron chi connectivity index (χ1n) is 5.18. The first-order chi connectivity index (χ1) is 8.08. The zero-order chi connectivity index (χ0) is 12.4. The van der Waals surface area contributed by atoms with Gasteiger partial charge in [0.1, 0.15) is 5.76 Å². The fraction of sp³-hybridized carbons (Fsp3) is 0.250. The molecule has 0 aliphatic rings. The van der Waals surface area contributed by atoms with E-state index < -0.39 is 0 Å². The van der Waals surface area contributed by atoms with Gasteiger partial charge in [-0.1, -0.05) is 0 Å². The molecule has 88 valence electrons. The zero-order valence-corrected chi connectivity index (χ0v) is 9.64. The van der Waals surface area contributed by atoms with Crippen LogP contribution in [0.2, 0.25) is 0 Å². The molecule has 5 nitrogen and oxygen atoms in total. The lowest BCUT2D eigenvalue weighted by molar-refractivity contribution is 0.0870. The summed E-state index contributed by atoms with van der Waals surface area (Å²) in [7, 11) is 1.71. The van der Waals surface area contributed by atoms with Crippen LogP contribution < -0.4 is 0 Å². The summed E-state index contributed by atoms with van der Waals surface area (Å²) in [5, 5.41) is 0. The van der Waals surface area contributed by atoms with Crippen LogP contribution in [0.5, 0.6) is 0 Å². The summed E-state index contributed by atoms with van der Waals surface area (Å²) in [6.45, 7) is 1.75. The Morgan fingerprint density at radius 2 is 2.12 bits per heavy atom. The Morgan fingerprint density at radius 1 is 1.35 bits per heavy atom. The normalized spacial score (nSPS) is 10.5. The summed E-state index contributed by atoms with van der Waals surface area (Å²) in [6.07, 6.45) is 2.96. The lowest BCUT2D eigenvalue weighted by Gasteiger charge is -1.99. The van der Waals surface area contributed by atoms with E-state index in [9.17, 15) is 9.59 Å². The van der Waals surface area contributed by atoms with Gasteiger partial charge in [-0.3, -0.25) is 9.59 Å². The van der Waals surface area contributed by atoms with Gasteiger partial charge in [0.25, 0.3) is 0 Å². The Kier molecular flexibility index (Phi) is 2.91. The van der Waals surface area contributed by atoms with Gasteiger partial charge in [-0.2, -0.15) is 0 Å². The third kappa shape index (κ3) is 2.33. The lowest BCUT2D eigenvalue weighted by atomic mass is 10.1. The second-order valence-electron chi connectivity index (χ2n) is 3.80. The smallest absolute Gasteiger partial charge is 0.206 e. The molecular weight excluding hydrogens is 220 g/mol. The Hall–Kier alpha value is -2.17. The molecule has 0 atom stereocenters. The second-order valence-corrected chi connectivity index (χ2v) is 3.80. The number of carbonyl (C=O) groups excluding carboxylic acids is 2. The van der Waals surface area contributed by atoms with E-state index in [0.29, 0.717) is 5.76 Å². The molecule has 0 saturated heterocycles. The van der Waals surface area contributed by atoms with Crippen LogP contribution >= 0.6 is 0 Å². The number of imidazole rings is 1. The van der Waals surface area contributed by atoms with Crippen LogP contribution in [0.15, 0.2) is 28.9 Å². The number of Topliss-reactive ketones (excluding diaryl/α,β-unsaturated/α-hetero) is 2. The fourth-order valence-corrected chi connectivity index (χ4v) is 1.53. The molecule has 5 heteroatoms. The maximum absolute atomic E-state index is 11.8.